The van der Waals surface area contributed by atoms with E-state index < -0.39 is 0 Å². The first-order valence-corrected chi connectivity index (χ1v) is 10.9. The maximum atomic E-state index is 12.4. The van der Waals surface area contributed by atoms with E-state index in [1.165, 1.54) is 11.8 Å². The fourth-order valence-electron chi connectivity index (χ4n) is 3.10. The van der Waals surface area contributed by atoms with Crippen LogP contribution in [-0.4, -0.2) is 46.6 Å². The minimum atomic E-state index is -0.0791. The van der Waals surface area contributed by atoms with Crippen LogP contribution in [0.4, 0.5) is 11.4 Å². The number of methoxy groups -OCH3 is 1. The van der Waals surface area contributed by atoms with Crippen molar-refractivity contribution in [2.75, 3.05) is 36.2 Å². The lowest BCUT2D eigenvalue weighted by molar-refractivity contribution is -0.113. The Morgan fingerprint density at radius 1 is 1.07 bits per heavy atom. The predicted molar refractivity (Wildman–Crippen MR) is 122 cm³/mol. The van der Waals surface area contributed by atoms with Gasteiger partial charge in [0.25, 0.3) is 0 Å². The largest absolute Gasteiger partial charge is 0.497 e. The quantitative estimate of drug-likeness (QED) is 0.521. The van der Waals surface area contributed by atoms with Crippen LogP contribution in [0, 0.1) is 0 Å². The van der Waals surface area contributed by atoms with Crippen LogP contribution in [0.5, 0.6) is 5.75 Å². The topological polar surface area (TPSA) is 72.3 Å². The fourth-order valence-corrected chi connectivity index (χ4v) is 3.81. The number of anilines is 2. The van der Waals surface area contributed by atoms with Crippen LogP contribution in [0.1, 0.15) is 13.8 Å². The van der Waals surface area contributed by atoms with Crippen molar-refractivity contribution < 1.29 is 9.53 Å². The molecule has 0 aliphatic heterocycles. The summed E-state index contributed by atoms with van der Waals surface area (Å²) in [5.41, 5.74) is 2.88. The number of carbonyl (C=O) groups excluding carboxylic acids is 1. The van der Waals surface area contributed by atoms with Crippen molar-refractivity contribution >= 4 is 29.0 Å². The van der Waals surface area contributed by atoms with Gasteiger partial charge in [-0.05, 0) is 62.4 Å². The van der Waals surface area contributed by atoms with Gasteiger partial charge >= 0.3 is 0 Å². The van der Waals surface area contributed by atoms with Gasteiger partial charge in [0.15, 0.2) is 11.0 Å². The molecule has 1 N–H and O–H groups in total. The minimum Gasteiger partial charge on any atom is -0.497 e. The zero-order chi connectivity index (χ0) is 21.5. The van der Waals surface area contributed by atoms with Crippen molar-refractivity contribution in [3.8, 4) is 17.1 Å². The summed E-state index contributed by atoms with van der Waals surface area (Å²) in [5, 5.41) is 12.1. The lowest BCUT2D eigenvalue weighted by atomic mass is 10.2. The second-order valence-electron chi connectivity index (χ2n) is 6.65. The molecule has 0 atom stereocenters. The van der Waals surface area contributed by atoms with Crippen molar-refractivity contribution in [1.82, 2.24) is 14.8 Å². The Hall–Kier alpha value is -3.00. The number of ether oxygens (including phenoxy) is 1. The molecule has 1 aromatic heterocycles. The Balaban J connectivity index is 1.58. The highest BCUT2D eigenvalue weighted by molar-refractivity contribution is 7.99. The highest BCUT2D eigenvalue weighted by Gasteiger charge is 2.13. The standard InChI is InChI=1S/C22H27N5O2S/c1-5-27(6-2)18-11-9-17(10-12-18)23-20(28)15-30-22-25-24-21(26(22)3)16-7-13-19(29-4)14-8-16/h7-14H,5-6,15H2,1-4H3,(H,23,28). The Labute approximate surface area is 181 Å². The molecular formula is C22H27N5O2S. The third-order valence-corrected chi connectivity index (χ3v) is 5.82. The van der Waals surface area contributed by atoms with E-state index in [0.29, 0.717) is 5.16 Å². The van der Waals surface area contributed by atoms with Gasteiger partial charge in [0.2, 0.25) is 5.91 Å². The van der Waals surface area contributed by atoms with E-state index >= 15 is 0 Å². The number of nitrogens with one attached hydrogen (secondary N) is 1. The van der Waals surface area contributed by atoms with Crippen LogP contribution in [0.2, 0.25) is 0 Å². The average molecular weight is 426 g/mol. The molecule has 8 heteroatoms. The maximum Gasteiger partial charge on any atom is 0.234 e. The van der Waals surface area contributed by atoms with Gasteiger partial charge in [-0.15, -0.1) is 10.2 Å². The lowest BCUT2D eigenvalue weighted by Crippen LogP contribution is -2.21. The van der Waals surface area contributed by atoms with Crippen LogP contribution in [-0.2, 0) is 11.8 Å². The molecule has 1 amide bonds. The molecule has 2 aromatic carbocycles. The summed E-state index contributed by atoms with van der Waals surface area (Å²) in [4.78, 5) is 14.6. The van der Waals surface area contributed by atoms with E-state index in [-0.39, 0.29) is 11.7 Å². The van der Waals surface area contributed by atoms with Gasteiger partial charge in [0.1, 0.15) is 5.75 Å². The zero-order valence-electron chi connectivity index (χ0n) is 17.8. The minimum absolute atomic E-state index is 0.0791. The molecule has 7 nitrogen and oxygen atoms in total. The number of amides is 1. The molecule has 0 fully saturated rings. The average Bonchev–Trinajstić information content (AvgIpc) is 3.14. The molecule has 0 radical (unpaired) electrons. The number of rotatable bonds is 9. The van der Waals surface area contributed by atoms with Crippen molar-refractivity contribution in [2.45, 2.75) is 19.0 Å². The second kappa shape index (κ2) is 10.2. The molecule has 1 heterocycles. The molecular weight excluding hydrogens is 398 g/mol. The van der Waals surface area contributed by atoms with E-state index in [9.17, 15) is 4.79 Å². The monoisotopic (exact) mass is 425 g/mol. The first kappa shape index (κ1) is 21.7. The molecule has 0 saturated heterocycles. The zero-order valence-corrected chi connectivity index (χ0v) is 18.6. The first-order chi connectivity index (χ1) is 14.5. The van der Waals surface area contributed by atoms with Gasteiger partial charge in [-0.2, -0.15) is 0 Å². The number of thioether (sulfide) groups is 1. The van der Waals surface area contributed by atoms with Crippen LogP contribution < -0.4 is 15.0 Å². The Morgan fingerprint density at radius 2 is 1.73 bits per heavy atom. The Kier molecular flexibility index (Phi) is 7.35. The molecule has 0 aliphatic carbocycles. The van der Waals surface area contributed by atoms with Gasteiger partial charge < -0.3 is 19.5 Å². The smallest absolute Gasteiger partial charge is 0.234 e. The van der Waals surface area contributed by atoms with Gasteiger partial charge in [-0.25, -0.2) is 0 Å². The fraction of sp³-hybridized carbons (Fsp3) is 0.318. The molecule has 0 spiro atoms. The molecule has 0 saturated carbocycles. The van der Waals surface area contributed by atoms with E-state index in [2.05, 4.69) is 34.3 Å². The summed E-state index contributed by atoms with van der Waals surface area (Å²) < 4.78 is 7.08. The van der Waals surface area contributed by atoms with Crippen molar-refractivity contribution in [1.29, 1.82) is 0 Å². The third kappa shape index (κ3) is 5.13. The predicted octanol–water partition coefficient (Wildman–Crippen LogP) is 4.07. The number of aromatic nitrogens is 3. The lowest BCUT2D eigenvalue weighted by Gasteiger charge is -2.21. The van der Waals surface area contributed by atoms with Crippen molar-refractivity contribution in [2.24, 2.45) is 7.05 Å². The van der Waals surface area contributed by atoms with Gasteiger partial charge in [-0.3, -0.25) is 4.79 Å². The van der Waals surface area contributed by atoms with Crippen LogP contribution >= 0.6 is 11.8 Å². The van der Waals surface area contributed by atoms with Gasteiger partial charge in [-0.1, -0.05) is 11.8 Å². The molecule has 0 aliphatic rings. The summed E-state index contributed by atoms with van der Waals surface area (Å²) in [5.74, 6) is 1.71. The van der Waals surface area contributed by atoms with E-state index in [1.807, 2.05) is 60.1 Å². The molecule has 30 heavy (non-hydrogen) atoms. The number of benzene rings is 2. The van der Waals surface area contributed by atoms with Crippen LogP contribution in [0.15, 0.2) is 53.7 Å². The highest BCUT2D eigenvalue weighted by atomic mass is 32.2. The van der Waals surface area contributed by atoms with Crippen molar-refractivity contribution in [3.05, 3.63) is 48.5 Å². The number of hydrogen-bond acceptors (Lipinski definition) is 6. The number of carbonyl (C=O) groups is 1. The summed E-state index contributed by atoms with van der Waals surface area (Å²) in [6.07, 6.45) is 0. The normalized spacial score (nSPS) is 10.7. The second-order valence-corrected chi connectivity index (χ2v) is 7.59. The molecule has 3 aromatic rings. The summed E-state index contributed by atoms with van der Waals surface area (Å²) in [6, 6.07) is 15.6. The van der Waals surface area contributed by atoms with Crippen LogP contribution in [0.25, 0.3) is 11.4 Å². The summed E-state index contributed by atoms with van der Waals surface area (Å²) in [6.45, 7) is 6.16. The molecule has 0 bridgehead atoms. The summed E-state index contributed by atoms with van der Waals surface area (Å²) >= 11 is 1.36. The van der Waals surface area contributed by atoms with Gasteiger partial charge in [0.05, 0.1) is 12.9 Å². The van der Waals surface area contributed by atoms with E-state index in [4.69, 9.17) is 4.74 Å². The van der Waals surface area contributed by atoms with E-state index in [0.717, 1.165) is 41.6 Å². The third-order valence-electron chi connectivity index (χ3n) is 4.80. The van der Waals surface area contributed by atoms with Gasteiger partial charge in [0, 0.05) is 37.1 Å². The molecule has 3 rings (SSSR count). The summed E-state index contributed by atoms with van der Waals surface area (Å²) in [7, 11) is 3.53. The molecule has 0 unspecified atom stereocenters. The maximum absolute atomic E-state index is 12.4. The Bertz CT molecular complexity index is 966. The first-order valence-electron chi connectivity index (χ1n) is 9.87. The SMILES string of the molecule is CCN(CC)c1ccc(NC(=O)CSc2nnc(-c3ccc(OC)cc3)n2C)cc1. The van der Waals surface area contributed by atoms with E-state index in [1.54, 1.807) is 7.11 Å². The van der Waals surface area contributed by atoms with Crippen LogP contribution in [0.3, 0.4) is 0 Å². The Morgan fingerprint density at radius 3 is 2.33 bits per heavy atom. The van der Waals surface area contributed by atoms with Crippen molar-refractivity contribution in [3.63, 3.8) is 0 Å². The molecule has 158 valence electrons. The number of nitrogens with zero attached hydrogens (tertiary/aromatic N) is 4. The number of hydrogen-bond donors (Lipinski definition) is 1. The highest BCUT2D eigenvalue weighted by Crippen LogP contribution is 2.25.